The topological polar surface area (TPSA) is 88.0 Å². The number of benzene rings is 3. The lowest BCUT2D eigenvalue weighted by molar-refractivity contribution is 0.0696. The molecule has 0 saturated heterocycles. The van der Waals surface area contributed by atoms with Crippen molar-refractivity contribution in [2.75, 3.05) is 5.32 Å². The van der Waals surface area contributed by atoms with Crippen LogP contribution in [-0.2, 0) is 6.61 Å². The summed E-state index contributed by atoms with van der Waals surface area (Å²) >= 11 is 0. The van der Waals surface area contributed by atoms with Crippen molar-refractivity contribution in [3.8, 4) is 5.75 Å². The third kappa shape index (κ3) is 10.6. The van der Waals surface area contributed by atoms with Crippen LogP contribution >= 0.6 is 0 Å². The predicted molar refractivity (Wildman–Crippen MR) is 172 cm³/mol. The van der Waals surface area contributed by atoms with Gasteiger partial charge in [0, 0.05) is 35.0 Å². The van der Waals surface area contributed by atoms with Crippen LogP contribution in [0.25, 0.3) is 0 Å². The Morgan fingerprint density at radius 1 is 1.00 bits per heavy atom. The summed E-state index contributed by atoms with van der Waals surface area (Å²) in [6.45, 7) is 6.94. The van der Waals surface area contributed by atoms with Gasteiger partial charge >= 0.3 is 5.97 Å². The minimum absolute atomic E-state index is 0.0502. The van der Waals surface area contributed by atoms with Crippen LogP contribution in [-0.4, -0.2) is 29.1 Å². The number of hydrogen-bond acceptors (Lipinski definition) is 5. The van der Waals surface area contributed by atoms with E-state index in [1.165, 1.54) is 61.2 Å². The maximum Gasteiger partial charge on any atom is 0.335 e. The number of nitrogens with zero attached hydrogens (tertiary/aromatic N) is 1. The molecular formula is C36H37F3N2O4. The van der Waals surface area contributed by atoms with E-state index in [9.17, 15) is 23.5 Å². The van der Waals surface area contributed by atoms with Gasteiger partial charge in [-0.1, -0.05) is 57.9 Å². The van der Waals surface area contributed by atoms with Crippen molar-refractivity contribution in [3.63, 3.8) is 0 Å². The SMILES string of the molecule is C=C(F)/C=C\C=C\C(=O)c1cc(F)ccc1COc1ccc(C=Nc2cc(C(=O)O)ccc2NC2CCCCC2)c(F)c1.CC. The highest BCUT2D eigenvalue weighted by Gasteiger charge is 2.16. The minimum atomic E-state index is -1.09. The molecule has 45 heavy (non-hydrogen) atoms. The Balaban J connectivity index is 0.00000271. The Morgan fingerprint density at radius 3 is 2.42 bits per heavy atom. The third-order valence-corrected chi connectivity index (χ3v) is 6.89. The van der Waals surface area contributed by atoms with Gasteiger partial charge in [-0.3, -0.25) is 9.79 Å². The van der Waals surface area contributed by atoms with E-state index < -0.39 is 29.2 Å². The Hall–Kier alpha value is -4.92. The Morgan fingerprint density at radius 2 is 1.73 bits per heavy atom. The molecule has 2 N–H and O–H groups in total. The zero-order chi connectivity index (χ0) is 32.8. The molecule has 0 unspecified atom stereocenters. The minimum Gasteiger partial charge on any atom is -0.489 e. The summed E-state index contributed by atoms with van der Waals surface area (Å²) < 4.78 is 47.3. The second-order valence-corrected chi connectivity index (χ2v) is 10.1. The fraction of sp³-hybridized carbons (Fsp3) is 0.250. The van der Waals surface area contributed by atoms with Crippen LogP contribution in [0.3, 0.4) is 0 Å². The first-order valence-electron chi connectivity index (χ1n) is 14.8. The largest absolute Gasteiger partial charge is 0.489 e. The molecule has 1 fully saturated rings. The molecule has 6 nitrogen and oxygen atoms in total. The number of nitrogens with one attached hydrogen (secondary N) is 1. The lowest BCUT2D eigenvalue weighted by Crippen LogP contribution is -2.22. The average molecular weight is 619 g/mol. The van der Waals surface area contributed by atoms with Crippen molar-refractivity contribution >= 4 is 29.3 Å². The zero-order valence-electron chi connectivity index (χ0n) is 25.4. The van der Waals surface area contributed by atoms with Crippen LogP contribution in [0.5, 0.6) is 5.75 Å². The van der Waals surface area contributed by atoms with Crippen LogP contribution < -0.4 is 10.1 Å². The molecule has 9 heteroatoms. The highest BCUT2D eigenvalue weighted by Crippen LogP contribution is 2.30. The van der Waals surface area contributed by atoms with Crippen molar-refractivity contribution < 1.29 is 32.6 Å². The standard InChI is InChI=1S/C34H31F3N2O4.C2H6/c1-22(35)7-5-6-10-33(40)29-18-26(36)14-11-25(29)21-43-28-15-12-24(30(37)19-28)20-38-32-17-23(34(41)42)13-16-31(32)39-27-8-3-2-4-9-27;1-2/h5-7,10-20,27,39H,1-4,8-9,21H2,(H,41,42);1-2H3/b7-5-,10-6+,38-20?;. The van der Waals surface area contributed by atoms with E-state index in [0.29, 0.717) is 16.9 Å². The van der Waals surface area contributed by atoms with Crippen LogP contribution in [0.1, 0.15) is 77.8 Å². The van der Waals surface area contributed by atoms with E-state index in [2.05, 4.69) is 16.9 Å². The summed E-state index contributed by atoms with van der Waals surface area (Å²) in [5, 5.41) is 12.9. The van der Waals surface area contributed by atoms with Crippen LogP contribution in [0.2, 0.25) is 0 Å². The molecule has 0 aromatic heterocycles. The fourth-order valence-electron chi connectivity index (χ4n) is 4.66. The lowest BCUT2D eigenvalue weighted by atomic mass is 9.95. The molecule has 1 saturated carbocycles. The molecule has 0 aliphatic heterocycles. The highest BCUT2D eigenvalue weighted by atomic mass is 19.1. The van der Waals surface area contributed by atoms with Crippen molar-refractivity contribution in [2.24, 2.45) is 4.99 Å². The number of ketones is 1. The van der Waals surface area contributed by atoms with Crippen LogP contribution in [0.15, 0.2) is 96.3 Å². The lowest BCUT2D eigenvalue weighted by Gasteiger charge is -2.24. The van der Waals surface area contributed by atoms with Crippen molar-refractivity contribution in [2.45, 2.75) is 58.6 Å². The summed E-state index contributed by atoms with van der Waals surface area (Å²) in [7, 11) is 0. The maximum atomic E-state index is 15.0. The number of carboxylic acids is 1. The second kappa shape index (κ2) is 17.4. The molecule has 0 amide bonds. The van der Waals surface area contributed by atoms with E-state index in [1.807, 2.05) is 13.8 Å². The number of allylic oxidation sites excluding steroid dienone is 5. The number of halogens is 3. The Labute approximate surface area is 261 Å². The predicted octanol–water partition coefficient (Wildman–Crippen LogP) is 9.54. The maximum absolute atomic E-state index is 15.0. The first kappa shape index (κ1) is 34.6. The van der Waals surface area contributed by atoms with Gasteiger partial charge in [-0.2, -0.15) is 0 Å². The van der Waals surface area contributed by atoms with Crippen LogP contribution in [0.4, 0.5) is 24.5 Å². The average Bonchev–Trinajstić information content (AvgIpc) is 3.03. The number of aliphatic imine (C=N–C) groups is 1. The van der Waals surface area contributed by atoms with Gasteiger partial charge in [-0.15, -0.1) is 0 Å². The van der Waals surface area contributed by atoms with Crippen molar-refractivity contribution in [1.29, 1.82) is 0 Å². The highest BCUT2D eigenvalue weighted by molar-refractivity contribution is 6.05. The molecule has 0 bridgehead atoms. The summed E-state index contributed by atoms with van der Waals surface area (Å²) in [5.74, 6) is -3.36. The molecule has 236 valence electrons. The number of carboxylic acid groups (broad SMARTS) is 1. The number of rotatable bonds is 12. The summed E-state index contributed by atoms with van der Waals surface area (Å²) in [4.78, 5) is 28.5. The first-order valence-corrected chi connectivity index (χ1v) is 14.8. The van der Waals surface area contributed by atoms with Gasteiger partial charge in [-0.25, -0.2) is 18.0 Å². The number of anilines is 1. The summed E-state index contributed by atoms with van der Waals surface area (Å²) in [6.07, 6.45) is 11.6. The molecular weight excluding hydrogens is 581 g/mol. The second-order valence-electron chi connectivity index (χ2n) is 10.1. The number of carbonyl (C=O) groups excluding carboxylic acids is 1. The van der Waals surface area contributed by atoms with Gasteiger partial charge in [0.15, 0.2) is 5.78 Å². The Kier molecular flexibility index (Phi) is 13.4. The molecule has 0 heterocycles. The van der Waals surface area contributed by atoms with Gasteiger partial charge in [0.2, 0.25) is 0 Å². The molecule has 1 aliphatic carbocycles. The van der Waals surface area contributed by atoms with Gasteiger partial charge < -0.3 is 15.2 Å². The summed E-state index contributed by atoms with van der Waals surface area (Å²) in [6, 6.07) is 12.7. The number of aromatic carboxylic acids is 1. The Bertz CT molecular complexity index is 1590. The molecule has 3 aromatic rings. The van der Waals surface area contributed by atoms with E-state index in [0.717, 1.165) is 50.0 Å². The van der Waals surface area contributed by atoms with Gasteiger partial charge in [0.25, 0.3) is 0 Å². The number of hydrogen-bond donors (Lipinski definition) is 2. The third-order valence-electron chi connectivity index (χ3n) is 6.89. The van der Waals surface area contributed by atoms with Crippen LogP contribution in [0, 0.1) is 11.6 Å². The van der Waals surface area contributed by atoms with Gasteiger partial charge in [0.1, 0.15) is 29.8 Å². The molecule has 0 spiro atoms. The van der Waals surface area contributed by atoms with Crippen molar-refractivity contribution in [3.05, 3.63) is 125 Å². The molecule has 0 atom stereocenters. The first-order chi connectivity index (χ1) is 21.7. The normalized spacial score (nSPS) is 13.5. The molecule has 1 aliphatic rings. The van der Waals surface area contributed by atoms with Crippen molar-refractivity contribution in [1.82, 2.24) is 0 Å². The van der Waals surface area contributed by atoms with E-state index in [-0.39, 0.29) is 35.1 Å². The number of ether oxygens (including phenoxy) is 1. The quantitative estimate of drug-likeness (QED) is 0.0914. The van der Waals surface area contributed by atoms with Gasteiger partial charge in [-0.05, 0) is 67.5 Å². The smallest absolute Gasteiger partial charge is 0.335 e. The fourth-order valence-corrected chi connectivity index (χ4v) is 4.66. The monoisotopic (exact) mass is 618 g/mol. The zero-order valence-corrected chi connectivity index (χ0v) is 25.4. The molecule has 4 rings (SSSR count). The summed E-state index contributed by atoms with van der Waals surface area (Å²) in [5.41, 5.74) is 1.71. The van der Waals surface area contributed by atoms with E-state index in [1.54, 1.807) is 6.07 Å². The number of carbonyl (C=O) groups is 2. The van der Waals surface area contributed by atoms with E-state index >= 15 is 4.39 Å². The van der Waals surface area contributed by atoms with Gasteiger partial charge in [0.05, 0.1) is 16.9 Å². The molecule has 0 radical (unpaired) electrons. The van der Waals surface area contributed by atoms with E-state index in [4.69, 9.17) is 4.74 Å². The molecule has 3 aromatic carbocycles.